The van der Waals surface area contributed by atoms with Gasteiger partial charge in [0.25, 0.3) is 0 Å². The van der Waals surface area contributed by atoms with E-state index in [0.717, 1.165) is 45.0 Å². The van der Waals surface area contributed by atoms with Crippen molar-refractivity contribution in [2.75, 3.05) is 37.6 Å². The summed E-state index contributed by atoms with van der Waals surface area (Å²) < 4.78 is 0. The molecule has 0 radical (unpaired) electrons. The molecule has 2 aromatic rings. The number of carbonyl (C=O) groups is 1. The molecule has 5 heteroatoms. The van der Waals surface area contributed by atoms with Crippen LogP contribution in [-0.2, 0) is 11.3 Å². The molecule has 5 nitrogen and oxygen atoms in total. The third-order valence-electron chi connectivity index (χ3n) is 6.12. The number of amides is 1. The number of hydrogen-bond acceptors (Lipinski definition) is 4. The predicted octanol–water partition coefficient (Wildman–Crippen LogP) is 3.18. The number of piperazine rings is 1. The van der Waals surface area contributed by atoms with Crippen LogP contribution in [0.3, 0.4) is 0 Å². The maximum absolute atomic E-state index is 12.6. The SMILES string of the molecule is CCC(=O)N(CC1(N2CCN(Cc3cccnc3)CC2)CC1)c1ccccc1. The number of nitrogens with zero attached hydrogens (tertiary/aromatic N) is 4. The number of benzene rings is 1. The lowest BCUT2D eigenvalue weighted by Crippen LogP contribution is -2.55. The Kier molecular flexibility index (Phi) is 5.74. The second-order valence-corrected chi connectivity index (χ2v) is 8.02. The summed E-state index contributed by atoms with van der Waals surface area (Å²) >= 11 is 0. The van der Waals surface area contributed by atoms with Crippen LogP contribution in [0.1, 0.15) is 31.7 Å². The van der Waals surface area contributed by atoms with Gasteiger partial charge in [0.1, 0.15) is 0 Å². The van der Waals surface area contributed by atoms with Gasteiger partial charge < -0.3 is 4.90 Å². The van der Waals surface area contributed by atoms with Crippen LogP contribution in [0.5, 0.6) is 0 Å². The molecule has 0 unspecified atom stereocenters. The van der Waals surface area contributed by atoms with Crippen LogP contribution in [0.2, 0.25) is 0 Å². The predicted molar refractivity (Wildman–Crippen MR) is 112 cm³/mol. The maximum Gasteiger partial charge on any atom is 0.226 e. The van der Waals surface area contributed by atoms with Gasteiger partial charge in [-0.25, -0.2) is 0 Å². The number of carbonyl (C=O) groups excluding carboxylic acids is 1. The Morgan fingerprint density at radius 2 is 1.82 bits per heavy atom. The van der Waals surface area contributed by atoms with Gasteiger partial charge in [-0.1, -0.05) is 31.2 Å². The lowest BCUT2D eigenvalue weighted by molar-refractivity contribution is -0.118. The molecule has 148 valence electrons. The van der Waals surface area contributed by atoms with E-state index in [9.17, 15) is 4.79 Å². The lowest BCUT2D eigenvalue weighted by atomic mass is 10.1. The van der Waals surface area contributed by atoms with E-state index in [1.165, 1.54) is 18.4 Å². The molecule has 1 aromatic carbocycles. The highest BCUT2D eigenvalue weighted by Gasteiger charge is 2.50. The van der Waals surface area contributed by atoms with Gasteiger partial charge in [-0.2, -0.15) is 0 Å². The second kappa shape index (κ2) is 8.41. The molecule has 0 atom stereocenters. The zero-order chi connectivity index (χ0) is 19.4. The Morgan fingerprint density at radius 3 is 2.43 bits per heavy atom. The molecule has 1 aliphatic carbocycles. The lowest BCUT2D eigenvalue weighted by Gasteiger charge is -2.41. The monoisotopic (exact) mass is 378 g/mol. The summed E-state index contributed by atoms with van der Waals surface area (Å²) in [5.74, 6) is 0.215. The topological polar surface area (TPSA) is 39.7 Å². The van der Waals surface area contributed by atoms with E-state index < -0.39 is 0 Å². The Morgan fingerprint density at radius 1 is 1.07 bits per heavy atom. The minimum Gasteiger partial charge on any atom is -0.311 e. The molecule has 0 N–H and O–H groups in total. The summed E-state index contributed by atoms with van der Waals surface area (Å²) in [5.41, 5.74) is 2.47. The molecule has 1 saturated heterocycles. The number of pyridine rings is 1. The number of anilines is 1. The van der Waals surface area contributed by atoms with Crippen molar-refractivity contribution in [1.82, 2.24) is 14.8 Å². The van der Waals surface area contributed by atoms with Gasteiger partial charge in [0.05, 0.1) is 0 Å². The molecule has 2 fully saturated rings. The fourth-order valence-electron chi connectivity index (χ4n) is 4.27. The highest BCUT2D eigenvalue weighted by molar-refractivity contribution is 5.93. The van der Waals surface area contributed by atoms with Crippen LogP contribution < -0.4 is 4.90 Å². The summed E-state index contributed by atoms with van der Waals surface area (Å²) in [5, 5.41) is 0. The number of para-hydroxylation sites is 1. The molecule has 0 spiro atoms. The minimum atomic E-state index is 0.168. The van der Waals surface area contributed by atoms with Crippen molar-refractivity contribution in [3.05, 3.63) is 60.4 Å². The van der Waals surface area contributed by atoms with E-state index in [1.54, 1.807) is 0 Å². The molecule has 2 heterocycles. The third-order valence-corrected chi connectivity index (χ3v) is 6.12. The van der Waals surface area contributed by atoms with E-state index >= 15 is 0 Å². The molecule has 1 amide bonds. The molecule has 4 rings (SSSR count). The van der Waals surface area contributed by atoms with Crippen molar-refractivity contribution >= 4 is 11.6 Å². The average molecular weight is 379 g/mol. The summed E-state index contributed by atoms with van der Waals surface area (Å²) in [6, 6.07) is 14.3. The van der Waals surface area contributed by atoms with Crippen LogP contribution in [0.15, 0.2) is 54.9 Å². The van der Waals surface area contributed by atoms with Crippen molar-refractivity contribution in [3.63, 3.8) is 0 Å². The van der Waals surface area contributed by atoms with E-state index in [0.29, 0.717) is 6.42 Å². The van der Waals surface area contributed by atoms with Gasteiger partial charge in [-0.3, -0.25) is 19.6 Å². The van der Waals surface area contributed by atoms with E-state index in [1.807, 2.05) is 48.5 Å². The van der Waals surface area contributed by atoms with Gasteiger partial charge in [0.2, 0.25) is 5.91 Å². The van der Waals surface area contributed by atoms with E-state index in [4.69, 9.17) is 0 Å². The highest BCUT2D eigenvalue weighted by Crippen LogP contribution is 2.43. The maximum atomic E-state index is 12.6. The normalized spacial score (nSPS) is 19.3. The first-order valence-corrected chi connectivity index (χ1v) is 10.4. The van der Waals surface area contributed by atoms with Crippen LogP contribution in [0.4, 0.5) is 5.69 Å². The van der Waals surface area contributed by atoms with E-state index in [2.05, 4.69) is 33.0 Å². The Balaban J connectivity index is 1.38. The standard InChI is InChI=1S/C23H30N4O/c1-2-22(28)27(21-8-4-3-5-9-21)19-23(10-11-23)26-15-13-25(14-16-26)18-20-7-6-12-24-17-20/h3-9,12,17H,2,10-11,13-16,18-19H2,1H3. The smallest absolute Gasteiger partial charge is 0.226 e. The van der Waals surface area contributed by atoms with Crippen molar-refractivity contribution in [1.29, 1.82) is 0 Å². The number of rotatable bonds is 7. The molecule has 28 heavy (non-hydrogen) atoms. The molecular formula is C23H30N4O. The summed E-state index contributed by atoms with van der Waals surface area (Å²) in [6.07, 6.45) is 6.72. The molecule has 1 aromatic heterocycles. The fraction of sp³-hybridized carbons (Fsp3) is 0.478. The van der Waals surface area contributed by atoms with Gasteiger partial charge in [-0.05, 0) is 36.6 Å². The molecule has 0 bridgehead atoms. The summed E-state index contributed by atoms with van der Waals surface area (Å²) in [6.45, 7) is 8.03. The fourth-order valence-corrected chi connectivity index (χ4v) is 4.27. The number of hydrogen-bond donors (Lipinski definition) is 0. The van der Waals surface area contributed by atoms with Crippen molar-refractivity contribution < 1.29 is 4.79 Å². The first-order chi connectivity index (χ1) is 13.7. The quantitative estimate of drug-likeness (QED) is 0.742. The Hall–Kier alpha value is -2.24. The largest absolute Gasteiger partial charge is 0.311 e. The third kappa shape index (κ3) is 4.26. The molecule has 2 aliphatic rings. The Labute approximate surface area is 168 Å². The van der Waals surface area contributed by atoms with Crippen LogP contribution in [-0.4, -0.2) is 59.0 Å². The van der Waals surface area contributed by atoms with Crippen LogP contribution >= 0.6 is 0 Å². The summed E-state index contributed by atoms with van der Waals surface area (Å²) in [4.78, 5) is 24.0. The Bertz CT molecular complexity index is 768. The minimum absolute atomic E-state index is 0.168. The zero-order valence-corrected chi connectivity index (χ0v) is 16.8. The average Bonchev–Trinajstić information content (AvgIpc) is 3.54. The first-order valence-electron chi connectivity index (χ1n) is 10.4. The van der Waals surface area contributed by atoms with Crippen LogP contribution in [0.25, 0.3) is 0 Å². The van der Waals surface area contributed by atoms with Gasteiger partial charge in [0, 0.05) is 69.3 Å². The van der Waals surface area contributed by atoms with Gasteiger partial charge in [-0.15, -0.1) is 0 Å². The number of aromatic nitrogens is 1. The highest BCUT2D eigenvalue weighted by atomic mass is 16.2. The molecule has 1 aliphatic heterocycles. The second-order valence-electron chi connectivity index (χ2n) is 8.02. The van der Waals surface area contributed by atoms with Crippen LogP contribution in [0, 0.1) is 0 Å². The van der Waals surface area contributed by atoms with Gasteiger partial charge >= 0.3 is 0 Å². The summed E-state index contributed by atoms with van der Waals surface area (Å²) in [7, 11) is 0. The van der Waals surface area contributed by atoms with Crippen molar-refractivity contribution in [2.45, 2.75) is 38.3 Å². The molecule has 1 saturated carbocycles. The van der Waals surface area contributed by atoms with Crippen molar-refractivity contribution in [3.8, 4) is 0 Å². The van der Waals surface area contributed by atoms with Crippen molar-refractivity contribution in [2.24, 2.45) is 0 Å². The van der Waals surface area contributed by atoms with Gasteiger partial charge in [0.15, 0.2) is 0 Å². The van der Waals surface area contributed by atoms with E-state index in [-0.39, 0.29) is 11.4 Å². The molecular weight excluding hydrogens is 348 g/mol. The zero-order valence-electron chi connectivity index (χ0n) is 16.8. The first kappa shape index (κ1) is 19.1.